The van der Waals surface area contributed by atoms with Crippen molar-refractivity contribution < 1.29 is 14.3 Å². The van der Waals surface area contributed by atoms with Crippen molar-refractivity contribution >= 4 is 12.1 Å². The number of carbonyl (C=O) groups is 2. The van der Waals surface area contributed by atoms with Gasteiger partial charge in [-0.15, -0.1) is 0 Å². The van der Waals surface area contributed by atoms with E-state index >= 15 is 0 Å². The number of carbonyl (C=O) groups excluding carboxylic acids is 2. The number of rotatable bonds is 6. The summed E-state index contributed by atoms with van der Waals surface area (Å²) in [6, 6.07) is 1.68. The first-order valence-corrected chi connectivity index (χ1v) is 12.5. The van der Waals surface area contributed by atoms with Crippen LogP contribution in [0.1, 0.15) is 81.6 Å². The third-order valence-corrected chi connectivity index (χ3v) is 10.2. The summed E-state index contributed by atoms with van der Waals surface area (Å²) in [5, 5.41) is 4.22. The monoisotopic (exact) mass is 426 g/mol. The lowest BCUT2D eigenvalue weighted by molar-refractivity contribution is -0.150. The second-order valence-corrected chi connectivity index (χ2v) is 11.3. The van der Waals surface area contributed by atoms with Gasteiger partial charge in [0.25, 0.3) is 0 Å². The zero-order valence-electron chi connectivity index (χ0n) is 19.2. The fraction of sp³-hybridized carbons (Fsp3) is 0.808. The summed E-state index contributed by atoms with van der Waals surface area (Å²) in [7, 11) is 1.90. The van der Waals surface area contributed by atoms with Gasteiger partial charge >= 0.3 is 0 Å². The molecule has 5 heteroatoms. The molecule has 0 saturated heterocycles. The first-order valence-electron chi connectivity index (χ1n) is 12.5. The van der Waals surface area contributed by atoms with E-state index < -0.39 is 0 Å². The molecule has 4 fully saturated rings. The van der Waals surface area contributed by atoms with Crippen LogP contribution in [0, 0.1) is 40.4 Å². The zero-order chi connectivity index (χ0) is 21.6. The van der Waals surface area contributed by atoms with E-state index in [1.807, 2.05) is 7.11 Å². The first kappa shape index (κ1) is 21.4. The number of ketones is 1. The molecule has 5 nitrogen and oxygen atoms in total. The fourth-order valence-electron chi connectivity index (χ4n) is 8.95. The normalized spacial score (nSPS) is 41.8. The second kappa shape index (κ2) is 8.13. The Morgan fingerprint density at radius 2 is 2.03 bits per heavy atom. The minimum absolute atomic E-state index is 0.120. The van der Waals surface area contributed by atoms with Crippen molar-refractivity contribution in [2.45, 2.75) is 77.7 Å². The van der Waals surface area contributed by atoms with Crippen LogP contribution in [0.15, 0.2) is 12.3 Å². The first-order chi connectivity index (χ1) is 15.0. The molecule has 31 heavy (non-hydrogen) atoms. The van der Waals surface area contributed by atoms with Crippen molar-refractivity contribution in [3.8, 4) is 0 Å². The van der Waals surface area contributed by atoms with E-state index in [-0.39, 0.29) is 11.3 Å². The molecule has 1 aromatic heterocycles. The number of hydrogen-bond acceptors (Lipinski definition) is 4. The van der Waals surface area contributed by atoms with E-state index in [9.17, 15) is 9.59 Å². The number of Topliss-reactive ketones (excluding diaryl/α,β-unsaturated/α-hetero) is 1. The van der Waals surface area contributed by atoms with Crippen LogP contribution < -0.4 is 0 Å². The highest BCUT2D eigenvalue weighted by molar-refractivity contribution is 5.82. The maximum atomic E-state index is 13.4. The molecule has 0 aliphatic heterocycles. The van der Waals surface area contributed by atoms with Crippen LogP contribution in [0.5, 0.6) is 0 Å². The molecule has 5 rings (SSSR count). The second-order valence-electron chi connectivity index (χ2n) is 11.3. The van der Waals surface area contributed by atoms with Crippen molar-refractivity contribution in [1.29, 1.82) is 0 Å². The molecule has 4 saturated carbocycles. The Labute approximate surface area is 186 Å². The van der Waals surface area contributed by atoms with Crippen molar-refractivity contribution in [1.82, 2.24) is 9.78 Å². The van der Waals surface area contributed by atoms with Crippen molar-refractivity contribution in [3.63, 3.8) is 0 Å². The molecule has 0 amide bonds. The zero-order valence-corrected chi connectivity index (χ0v) is 19.2. The molecule has 7 atom stereocenters. The molecule has 4 aliphatic carbocycles. The van der Waals surface area contributed by atoms with Crippen LogP contribution >= 0.6 is 0 Å². The van der Waals surface area contributed by atoms with Crippen molar-refractivity contribution in [3.05, 3.63) is 18.0 Å². The predicted molar refractivity (Wildman–Crippen MR) is 119 cm³/mol. The molecule has 1 aromatic rings. The van der Waals surface area contributed by atoms with Gasteiger partial charge in [0.05, 0.1) is 13.2 Å². The lowest BCUT2D eigenvalue weighted by atomic mass is 9.44. The van der Waals surface area contributed by atoms with E-state index in [2.05, 4.69) is 12.0 Å². The molecule has 1 heterocycles. The van der Waals surface area contributed by atoms with Crippen molar-refractivity contribution in [2.75, 3.05) is 13.7 Å². The van der Waals surface area contributed by atoms with Crippen LogP contribution in [-0.4, -0.2) is 35.6 Å². The number of hydrogen-bond donors (Lipinski definition) is 0. The summed E-state index contributed by atoms with van der Waals surface area (Å²) in [5.74, 6) is 3.48. The topological polar surface area (TPSA) is 61.2 Å². The average Bonchev–Trinajstić information content (AvgIpc) is 3.37. The standard InChI is InChI=1S/C26H38N2O3/c1-25-13-10-22-20(7-6-18-5-3-4-12-26(18,22)17-31-2)21(25)8-9-23(25)24(30)15-28-14-11-19(16-29)27-28/h11,14,16,18,20-23H,3-10,12-13,15,17H2,1-2H3/t18?,20?,21?,22?,23?,25?,26-/m1/s1. The quantitative estimate of drug-likeness (QED) is 0.605. The van der Waals surface area contributed by atoms with Crippen molar-refractivity contribution in [2.24, 2.45) is 40.4 Å². The van der Waals surface area contributed by atoms with E-state index in [4.69, 9.17) is 4.74 Å². The summed E-state index contributed by atoms with van der Waals surface area (Å²) >= 11 is 0. The molecular weight excluding hydrogens is 388 g/mol. The maximum Gasteiger partial charge on any atom is 0.170 e. The minimum Gasteiger partial charge on any atom is -0.384 e. The lowest BCUT2D eigenvalue weighted by Crippen LogP contribution is -2.56. The molecule has 6 unspecified atom stereocenters. The van der Waals surface area contributed by atoms with Gasteiger partial charge in [-0.05, 0) is 91.9 Å². The van der Waals surface area contributed by atoms with E-state index in [0.717, 1.165) is 37.1 Å². The molecular formula is C26H38N2O3. The Morgan fingerprint density at radius 3 is 2.81 bits per heavy atom. The Morgan fingerprint density at radius 1 is 1.16 bits per heavy atom. The molecule has 0 N–H and O–H groups in total. The summed E-state index contributed by atoms with van der Waals surface area (Å²) in [5.41, 5.74) is 0.908. The number of ether oxygens (including phenoxy) is 1. The van der Waals surface area contributed by atoms with Crippen LogP contribution in [-0.2, 0) is 16.1 Å². The van der Waals surface area contributed by atoms with Gasteiger partial charge in [-0.25, -0.2) is 0 Å². The largest absolute Gasteiger partial charge is 0.384 e. The molecule has 0 spiro atoms. The van der Waals surface area contributed by atoms with Gasteiger partial charge in [-0.2, -0.15) is 5.10 Å². The lowest BCUT2D eigenvalue weighted by Gasteiger charge is -2.61. The molecule has 0 radical (unpaired) electrons. The summed E-state index contributed by atoms with van der Waals surface area (Å²) in [4.78, 5) is 24.3. The molecule has 4 aliphatic rings. The number of nitrogens with zero attached hydrogens (tertiary/aromatic N) is 2. The van der Waals surface area contributed by atoms with Gasteiger partial charge in [0, 0.05) is 19.2 Å². The Hall–Kier alpha value is -1.49. The smallest absolute Gasteiger partial charge is 0.170 e. The Bertz CT molecular complexity index is 830. The van der Waals surface area contributed by atoms with Crippen LogP contribution in [0.25, 0.3) is 0 Å². The molecule has 0 bridgehead atoms. The van der Waals surface area contributed by atoms with E-state index in [1.165, 1.54) is 57.8 Å². The highest BCUT2D eigenvalue weighted by atomic mass is 16.5. The third-order valence-electron chi connectivity index (χ3n) is 10.2. The van der Waals surface area contributed by atoms with Crippen LogP contribution in [0.4, 0.5) is 0 Å². The van der Waals surface area contributed by atoms with Gasteiger partial charge in [0.1, 0.15) is 5.69 Å². The third kappa shape index (κ3) is 3.34. The SMILES string of the molecule is COC[C@]12CCCCC1CCC1C3CCC(C(=O)Cn4ccc(C=O)n4)C3(C)CCC12. The maximum absolute atomic E-state index is 13.4. The van der Waals surface area contributed by atoms with Gasteiger partial charge in [-0.1, -0.05) is 19.8 Å². The number of fused-ring (bicyclic) bond motifs is 5. The summed E-state index contributed by atoms with van der Waals surface area (Å²) in [6.45, 7) is 3.65. The highest BCUT2D eigenvalue weighted by Gasteiger charge is 2.61. The van der Waals surface area contributed by atoms with E-state index in [1.54, 1.807) is 16.9 Å². The number of aromatic nitrogens is 2. The van der Waals surface area contributed by atoms with Gasteiger partial charge in [0.15, 0.2) is 12.1 Å². The number of aldehydes is 1. The fourth-order valence-corrected chi connectivity index (χ4v) is 8.95. The summed E-state index contributed by atoms with van der Waals surface area (Å²) in [6.07, 6.45) is 15.3. The van der Waals surface area contributed by atoms with Crippen LogP contribution in [0.3, 0.4) is 0 Å². The molecule has 0 aromatic carbocycles. The molecule has 170 valence electrons. The van der Waals surface area contributed by atoms with E-state index in [0.29, 0.717) is 29.4 Å². The number of methoxy groups -OCH3 is 1. The van der Waals surface area contributed by atoms with Gasteiger partial charge in [0.2, 0.25) is 0 Å². The van der Waals surface area contributed by atoms with Gasteiger partial charge < -0.3 is 4.74 Å². The minimum atomic E-state index is 0.120. The highest BCUT2D eigenvalue weighted by Crippen LogP contribution is 2.67. The predicted octanol–water partition coefficient (Wildman–Crippen LogP) is 4.94. The summed E-state index contributed by atoms with van der Waals surface area (Å²) < 4.78 is 7.52. The Balaban J connectivity index is 1.36. The average molecular weight is 427 g/mol. The van der Waals surface area contributed by atoms with Gasteiger partial charge in [-0.3, -0.25) is 14.3 Å². The Kier molecular flexibility index (Phi) is 5.60. The van der Waals surface area contributed by atoms with Crippen LogP contribution in [0.2, 0.25) is 0 Å².